The lowest BCUT2D eigenvalue weighted by atomic mass is 9.92. The zero-order valence-corrected chi connectivity index (χ0v) is 11.3. The van der Waals surface area contributed by atoms with Crippen molar-refractivity contribution in [2.75, 3.05) is 5.32 Å². The standard InChI is InChI=1S/C13H16ClNO3/c1-13(2,3)7-11(16)15-10-6-8(12(17)18)4-5-9(10)14/h4-6H,7H2,1-3H3,(H,15,16)(H,17,18). The molecule has 5 heteroatoms. The first-order valence-corrected chi connectivity index (χ1v) is 5.89. The second-order valence-corrected chi connectivity index (χ2v) is 5.69. The number of hydrogen-bond donors (Lipinski definition) is 2. The summed E-state index contributed by atoms with van der Waals surface area (Å²) in [6.45, 7) is 5.84. The summed E-state index contributed by atoms with van der Waals surface area (Å²) in [7, 11) is 0. The highest BCUT2D eigenvalue weighted by atomic mass is 35.5. The Morgan fingerprint density at radius 1 is 1.33 bits per heavy atom. The van der Waals surface area contributed by atoms with E-state index >= 15 is 0 Å². The van der Waals surface area contributed by atoms with Gasteiger partial charge in [-0.2, -0.15) is 0 Å². The number of aromatic carboxylic acids is 1. The number of benzene rings is 1. The Bertz CT molecular complexity index is 478. The molecule has 98 valence electrons. The van der Waals surface area contributed by atoms with Crippen LogP contribution < -0.4 is 5.32 Å². The molecule has 0 aliphatic carbocycles. The summed E-state index contributed by atoms with van der Waals surface area (Å²) in [5.74, 6) is -1.25. The second-order valence-electron chi connectivity index (χ2n) is 5.29. The number of anilines is 1. The van der Waals surface area contributed by atoms with Crippen molar-refractivity contribution in [3.8, 4) is 0 Å². The predicted molar refractivity (Wildman–Crippen MR) is 71.1 cm³/mol. The average molecular weight is 270 g/mol. The first-order chi connectivity index (χ1) is 8.19. The highest BCUT2D eigenvalue weighted by Gasteiger charge is 2.17. The summed E-state index contributed by atoms with van der Waals surface area (Å²) in [5, 5.41) is 11.8. The van der Waals surface area contributed by atoms with Crippen LogP contribution in [0.15, 0.2) is 18.2 Å². The summed E-state index contributed by atoms with van der Waals surface area (Å²) in [6, 6.07) is 4.20. The smallest absolute Gasteiger partial charge is 0.335 e. The lowest BCUT2D eigenvalue weighted by Crippen LogP contribution is -2.20. The Morgan fingerprint density at radius 2 is 1.94 bits per heavy atom. The van der Waals surface area contributed by atoms with Crippen molar-refractivity contribution in [1.82, 2.24) is 0 Å². The first kappa shape index (κ1) is 14.5. The molecule has 2 N–H and O–H groups in total. The topological polar surface area (TPSA) is 66.4 Å². The van der Waals surface area contributed by atoms with Gasteiger partial charge in [0.15, 0.2) is 0 Å². The van der Waals surface area contributed by atoms with Crippen LogP contribution in [-0.2, 0) is 4.79 Å². The molecule has 1 aromatic carbocycles. The molecule has 0 aromatic heterocycles. The Balaban J connectivity index is 2.87. The van der Waals surface area contributed by atoms with Gasteiger partial charge in [-0.25, -0.2) is 4.79 Å². The van der Waals surface area contributed by atoms with Gasteiger partial charge in [-0.1, -0.05) is 32.4 Å². The molecule has 18 heavy (non-hydrogen) atoms. The van der Waals surface area contributed by atoms with E-state index in [0.29, 0.717) is 17.1 Å². The van der Waals surface area contributed by atoms with Gasteiger partial charge in [0.1, 0.15) is 0 Å². The summed E-state index contributed by atoms with van der Waals surface area (Å²) in [5.41, 5.74) is 0.275. The normalized spacial score (nSPS) is 11.1. The number of carboxylic acid groups (broad SMARTS) is 1. The minimum atomic E-state index is -1.06. The van der Waals surface area contributed by atoms with Gasteiger partial charge in [-0.3, -0.25) is 4.79 Å². The van der Waals surface area contributed by atoms with Crippen LogP contribution in [0.2, 0.25) is 5.02 Å². The molecule has 1 amide bonds. The summed E-state index contributed by atoms with van der Waals surface area (Å²) in [6.07, 6.45) is 0.334. The molecule has 1 aromatic rings. The van der Waals surface area contributed by atoms with Gasteiger partial charge in [0.05, 0.1) is 16.3 Å². The van der Waals surface area contributed by atoms with Crippen LogP contribution in [0.3, 0.4) is 0 Å². The lowest BCUT2D eigenvalue weighted by molar-refractivity contribution is -0.117. The highest BCUT2D eigenvalue weighted by molar-refractivity contribution is 6.33. The maximum absolute atomic E-state index is 11.7. The monoisotopic (exact) mass is 269 g/mol. The zero-order chi connectivity index (χ0) is 13.9. The van der Waals surface area contributed by atoms with E-state index in [0.717, 1.165) is 0 Å². The van der Waals surface area contributed by atoms with Gasteiger partial charge >= 0.3 is 5.97 Å². The van der Waals surface area contributed by atoms with Crippen molar-refractivity contribution < 1.29 is 14.7 Å². The van der Waals surface area contributed by atoms with Gasteiger partial charge in [0.25, 0.3) is 0 Å². The van der Waals surface area contributed by atoms with E-state index in [1.54, 1.807) is 0 Å². The third kappa shape index (κ3) is 4.37. The fourth-order valence-electron chi connectivity index (χ4n) is 1.43. The van der Waals surface area contributed by atoms with Crippen molar-refractivity contribution in [2.24, 2.45) is 5.41 Å². The van der Waals surface area contributed by atoms with Crippen molar-refractivity contribution in [2.45, 2.75) is 27.2 Å². The first-order valence-electron chi connectivity index (χ1n) is 5.52. The van der Waals surface area contributed by atoms with Gasteiger partial charge in [-0.05, 0) is 23.6 Å². The molecule has 0 heterocycles. The Morgan fingerprint density at radius 3 is 2.44 bits per heavy atom. The molecule has 0 fully saturated rings. The predicted octanol–water partition coefficient (Wildman–Crippen LogP) is 3.41. The van der Waals surface area contributed by atoms with Crippen LogP contribution in [-0.4, -0.2) is 17.0 Å². The molecule has 0 aliphatic heterocycles. The zero-order valence-electron chi connectivity index (χ0n) is 10.6. The molecule has 0 saturated carbocycles. The minimum Gasteiger partial charge on any atom is -0.478 e. The largest absolute Gasteiger partial charge is 0.478 e. The number of halogens is 1. The molecule has 0 atom stereocenters. The summed E-state index contributed by atoms with van der Waals surface area (Å²) < 4.78 is 0. The summed E-state index contributed by atoms with van der Waals surface area (Å²) in [4.78, 5) is 22.6. The van der Waals surface area contributed by atoms with Gasteiger partial charge < -0.3 is 10.4 Å². The number of amides is 1. The van der Waals surface area contributed by atoms with Crippen LogP contribution in [0.5, 0.6) is 0 Å². The van der Waals surface area contributed by atoms with E-state index in [2.05, 4.69) is 5.32 Å². The minimum absolute atomic E-state index is 0.0884. The third-order valence-corrected chi connectivity index (χ3v) is 2.51. The van der Waals surface area contributed by atoms with Crippen LogP contribution in [0, 0.1) is 5.41 Å². The van der Waals surface area contributed by atoms with Gasteiger partial charge in [0.2, 0.25) is 5.91 Å². The molecule has 0 saturated heterocycles. The number of hydrogen-bond acceptors (Lipinski definition) is 2. The van der Waals surface area contributed by atoms with Gasteiger partial charge in [0, 0.05) is 6.42 Å². The second kappa shape index (κ2) is 5.40. The van der Waals surface area contributed by atoms with E-state index in [4.69, 9.17) is 16.7 Å². The van der Waals surface area contributed by atoms with Crippen molar-refractivity contribution in [3.05, 3.63) is 28.8 Å². The Kier molecular flexibility index (Phi) is 4.35. The molecular weight excluding hydrogens is 254 g/mol. The fraction of sp³-hybridized carbons (Fsp3) is 0.385. The van der Waals surface area contributed by atoms with Crippen molar-refractivity contribution in [3.63, 3.8) is 0 Å². The van der Waals surface area contributed by atoms with E-state index in [1.807, 2.05) is 20.8 Å². The fourth-order valence-corrected chi connectivity index (χ4v) is 1.59. The molecule has 0 spiro atoms. The number of rotatable bonds is 3. The van der Waals surface area contributed by atoms with Crippen LogP contribution in [0.1, 0.15) is 37.6 Å². The maximum Gasteiger partial charge on any atom is 0.335 e. The van der Waals surface area contributed by atoms with Crippen LogP contribution >= 0.6 is 11.6 Å². The van der Waals surface area contributed by atoms with E-state index in [9.17, 15) is 9.59 Å². The number of carbonyl (C=O) groups excluding carboxylic acids is 1. The lowest BCUT2D eigenvalue weighted by Gasteiger charge is -2.17. The highest BCUT2D eigenvalue weighted by Crippen LogP contribution is 2.25. The molecule has 0 unspecified atom stereocenters. The number of carboxylic acids is 1. The van der Waals surface area contributed by atoms with Gasteiger partial charge in [-0.15, -0.1) is 0 Å². The SMILES string of the molecule is CC(C)(C)CC(=O)Nc1cc(C(=O)O)ccc1Cl. The van der Waals surface area contributed by atoms with Crippen molar-refractivity contribution in [1.29, 1.82) is 0 Å². The molecular formula is C13H16ClNO3. The molecule has 0 aliphatic rings. The van der Waals surface area contributed by atoms with E-state index in [-0.39, 0.29) is 16.9 Å². The molecule has 0 radical (unpaired) electrons. The van der Waals surface area contributed by atoms with Crippen molar-refractivity contribution >= 4 is 29.2 Å². The molecule has 0 bridgehead atoms. The van der Waals surface area contributed by atoms with E-state index < -0.39 is 5.97 Å². The average Bonchev–Trinajstić information content (AvgIpc) is 2.18. The maximum atomic E-state index is 11.7. The van der Waals surface area contributed by atoms with Crippen LogP contribution in [0.4, 0.5) is 5.69 Å². The number of nitrogens with one attached hydrogen (secondary N) is 1. The third-order valence-electron chi connectivity index (χ3n) is 2.18. The molecule has 1 rings (SSSR count). The Hall–Kier alpha value is -1.55. The molecule has 4 nitrogen and oxygen atoms in total. The Labute approximate surface area is 111 Å². The number of carbonyl (C=O) groups is 2. The quantitative estimate of drug-likeness (QED) is 0.884. The van der Waals surface area contributed by atoms with E-state index in [1.165, 1.54) is 18.2 Å². The summed E-state index contributed by atoms with van der Waals surface area (Å²) >= 11 is 5.91. The van der Waals surface area contributed by atoms with Crippen LogP contribution in [0.25, 0.3) is 0 Å².